The van der Waals surface area contributed by atoms with Crippen LogP contribution < -0.4 is 10.1 Å². The highest BCUT2D eigenvalue weighted by Gasteiger charge is 2.34. The molecule has 0 spiro atoms. The number of aliphatic imine (C=N–C) groups is 1. The molecule has 0 radical (unpaired) electrons. The Balaban J connectivity index is 1.26. The lowest BCUT2D eigenvalue weighted by Crippen LogP contribution is -2.47. The van der Waals surface area contributed by atoms with E-state index in [0.29, 0.717) is 6.10 Å². The number of benzene rings is 1. The molecule has 2 heterocycles. The Bertz CT molecular complexity index is 608. The lowest BCUT2D eigenvalue weighted by atomic mass is 10.1. The number of guanidine groups is 1. The zero-order valence-electron chi connectivity index (χ0n) is 16.6. The lowest BCUT2D eigenvalue weighted by Gasteiger charge is -2.34. The second-order valence-electron chi connectivity index (χ2n) is 8.19. The second kappa shape index (κ2) is 8.96. The van der Waals surface area contributed by atoms with Crippen molar-refractivity contribution in [3.8, 4) is 5.75 Å². The van der Waals surface area contributed by atoms with Crippen LogP contribution in [0.4, 0.5) is 0 Å². The zero-order chi connectivity index (χ0) is 18.5. The molecule has 1 aromatic carbocycles. The lowest BCUT2D eigenvalue weighted by molar-refractivity contribution is 0.129. The molecule has 0 amide bonds. The van der Waals surface area contributed by atoms with E-state index in [-0.39, 0.29) is 0 Å². The van der Waals surface area contributed by atoms with Gasteiger partial charge in [-0.25, -0.2) is 0 Å². The van der Waals surface area contributed by atoms with Crippen LogP contribution in [-0.4, -0.2) is 67.2 Å². The third kappa shape index (κ3) is 5.16. The topological polar surface area (TPSA) is 40.1 Å². The molecule has 148 valence electrons. The Morgan fingerprint density at radius 2 is 1.85 bits per heavy atom. The normalized spacial score (nSPS) is 25.0. The Labute approximate surface area is 163 Å². The van der Waals surface area contributed by atoms with Gasteiger partial charge in [-0.05, 0) is 50.8 Å². The summed E-state index contributed by atoms with van der Waals surface area (Å²) in [7, 11) is 0. The number of likely N-dealkylation sites (tertiary alicyclic amines) is 2. The minimum atomic E-state index is 0.313. The van der Waals surface area contributed by atoms with E-state index in [0.717, 1.165) is 62.7 Å². The number of ether oxygens (including phenoxy) is 1. The van der Waals surface area contributed by atoms with Gasteiger partial charge in [-0.2, -0.15) is 0 Å². The first-order chi connectivity index (χ1) is 13.3. The van der Waals surface area contributed by atoms with Gasteiger partial charge in [0.25, 0.3) is 0 Å². The summed E-state index contributed by atoms with van der Waals surface area (Å²) < 4.78 is 6.13. The van der Waals surface area contributed by atoms with E-state index in [4.69, 9.17) is 9.73 Å². The van der Waals surface area contributed by atoms with Gasteiger partial charge < -0.3 is 19.9 Å². The Hall–Kier alpha value is -1.75. The molecular formula is C22H34N4O. The van der Waals surface area contributed by atoms with Gasteiger partial charge in [0.1, 0.15) is 11.9 Å². The van der Waals surface area contributed by atoms with Crippen molar-refractivity contribution < 1.29 is 4.74 Å². The van der Waals surface area contributed by atoms with Crippen molar-refractivity contribution in [1.29, 1.82) is 0 Å². The summed E-state index contributed by atoms with van der Waals surface area (Å²) in [6.45, 7) is 8.61. The van der Waals surface area contributed by atoms with Gasteiger partial charge >= 0.3 is 0 Å². The van der Waals surface area contributed by atoms with Crippen LogP contribution in [0.25, 0.3) is 0 Å². The molecule has 2 saturated heterocycles. The number of rotatable bonds is 6. The minimum absolute atomic E-state index is 0.313. The van der Waals surface area contributed by atoms with Crippen molar-refractivity contribution >= 4 is 5.96 Å². The fourth-order valence-corrected chi connectivity index (χ4v) is 4.30. The van der Waals surface area contributed by atoms with Gasteiger partial charge in [0.05, 0.1) is 0 Å². The maximum atomic E-state index is 6.13. The molecule has 0 bridgehead atoms. The molecule has 27 heavy (non-hydrogen) atoms. The second-order valence-corrected chi connectivity index (χ2v) is 8.19. The highest BCUT2D eigenvalue weighted by atomic mass is 16.5. The number of hydrogen-bond acceptors (Lipinski definition) is 3. The molecule has 4 rings (SSSR count). The van der Waals surface area contributed by atoms with Crippen LogP contribution in [0.1, 0.15) is 39.0 Å². The summed E-state index contributed by atoms with van der Waals surface area (Å²) >= 11 is 0. The van der Waals surface area contributed by atoms with Crippen molar-refractivity contribution in [1.82, 2.24) is 15.1 Å². The first-order valence-corrected chi connectivity index (χ1v) is 10.8. The molecule has 5 heteroatoms. The van der Waals surface area contributed by atoms with Crippen LogP contribution in [0.3, 0.4) is 0 Å². The van der Waals surface area contributed by atoms with Crippen molar-refractivity contribution in [3.63, 3.8) is 0 Å². The first kappa shape index (κ1) is 18.6. The average molecular weight is 371 g/mol. The molecule has 1 unspecified atom stereocenters. The molecule has 5 nitrogen and oxygen atoms in total. The molecule has 1 saturated carbocycles. The number of piperidine rings is 1. The highest BCUT2D eigenvalue weighted by molar-refractivity contribution is 5.80. The third-order valence-electron chi connectivity index (χ3n) is 6.00. The summed E-state index contributed by atoms with van der Waals surface area (Å²) in [5.74, 6) is 2.82. The molecule has 3 fully saturated rings. The summed E-state index contributed by atoms with van der Waals surface area (Å²) in [4.78, 5) is 10.1. The van der Waals surface area contributed by atoms with Crippen molar-refractivity contribution in [2.24, 2.45) is 10.9 Å². The standard InChI is InChI=1S/C22H34N4O/c1-2-23-22(24-16-18-10-13-26(17-18)19-8-9-19)25-14-11-21(12-15-25)27-20-6-4-3-5-7-20/h3-7,18-19,21H,2,8-17H2,1H3,(H,23,24). The third-order valence-corrected chi connectivity index (χ3v) is 6.00. The van der Waals surface area contributed by atoms with E-state index in [1.807, 2.05) is 30.3 Å². The molecule has 1 aliphatic carbocycles. The van der Waals surface area contributed by atoms with Gasteiger partial charge in [-0.1, -0.05) is 18.2 Å². The smallest absolute Gasteiger partial charge is 0.193 e. The van der Waals surface area contributed by atoms with Gasteiger partial charge in [0.2, 0.25) is 0 Å². The number of para-hydroxylation sites is 1. The number of nitrogens with one attached hydrogen (secondary N) is 1. The van der Waals surface area contributed by atoms with Crippen molar-refractivity contribution in [2.75, 3.05) is 39.3 Å². The van der Waals surface area contributed by atoms with Crippen LogP contribution in [0.5, 0.6) is 5.75 Å². The molecule has 3 aliphatic rings. The van der Waals surface area contributed by atoms with Gasteiger partial charge in [-0.3, -0.25) is 4.99 Å². The summed E-state index contributed by atoms with van der Waals surface area (Å²) in [6.07, 6.45) is 6.56. The SMILES string of the molecule is CCNC(=NCC1CCN(C2CC2)C1)N1CCC(Oc2ccccc2)CC1. The number of nitrogens with zero attached hydrogens (tertiary/aromatic N) is 3. The van der Waals surface area contributed by atoms with Crippen LogP contribution in [0, 0.1) is 5.92 Å². The van der Waals surface area contributed by atoms with Gasteiger partial charge in [-0.15, -0.1) is 0 Å². The Morgan fingerprint density at radius 1 is 1.07 bits per heavy atom. The Kier molecular flexibility index (Phi) is 6.17. The molecule has 1 atom stereocenters. The zero-order valence-corrected chi connectivity index (χ0v) is 16.6. The number of hydrogen-bond donors (Lipinski definition) is 1. The monoisotopic (exact) mass is 370 g/mol. The van der Waals surface area contributed by atoms with E-state index in [9.17, 15) is 0 Å². The molecule has 1 N–H and O–H groups in total. The predicted molar refractivity (Wildman–Crippen MR) is 110 cm³/mol. The minimum Gasteiger partial charge on any atom is -0.490 e. The van der Waals surface area contributed by atoms with Crippen molar-refractivity contribution in [2.45, 2.75) is 51.2 Å². The van der Waals surface area contributed by atoms with Crippen LogP contribution in [0.2, 0.25) is 0 Å². The van der Waals surface area contributed by atoms with Crippen LogP contribution in [-0.2, 0) is 0 Å². The highest BCUT2D eigenvalue weighted by Crippen LogP contribution is 2.31. The maximum Gasteiger partial charge on any atom is 0.193 e. The van der Waals surface area contributed by atoms with Crippen LogP contribution in [0.15, 0.2) is 35.3 Å². The van der Waals surface area contributed by atoms with Crippen molar-refractivity contribution in [3.05, 3.63) is 30.3 Å². The summed E-state index contributed by atoms with van der Waals surface area (Å²) in [5, 5.41) is 3.51. The first-order valence-electron chi connectivity index (χ1n) is 10.8. The van der Waals surface area contributed by atoms with Gasteiger partial charge in [0, 0.05) is 51.6 Å². The summed E-state index contributed by atoms with van der Waals surface area (Å²) in [6, 6.07) is 11.1. The quantitative estimate of drug-likeness (QED) is 0.617. The molecule has 0 aromatic heterocycles. The van der Waals surface area contributed by atoms with E-state index >= 15 is 0 Å². The van der Waals surface area contributed by atoms with E-state index in [1.54, 1.807) is 0 Å². The average Bonchev–Trinajstić information content (AvgIpc) is 3.45. The molecule has 1 aromatic rings. The predicted octanol–water partition coefficient (Wildman–Crippen LogP) is 2.98. The summed E-state index contributed by atoms with van der Waals surface area (Å²) in [5.41, 5.74) is 0. The van der Waals surface area contributed by atoms with E-state index in [1.165, 1.54) is 32.4 Å². The van der Waals surface area contributed by atoms with E-state index < -0.39 is 0 Å². The largest absolute Gasteiger partial charge is 0.490 e. The van der Waals surface area contributed by atoms with Gasteiger partial charge in [0.15, 0.2) is 5.96 Å². The Morgan fingerprint density at radius 3 is 2.56 bits per heavy atom. The van der Waals surface area contributed by atoms with Crippen LogP contribution >= 0.6 is 0 Å². The maximum absolute atomic E-state index is 6.13. The fourth-order valence-electron chi connectivity index (χ4n) is 4.30. The fraction of sp³-hybridized carbons (Fsp3) is 0.682. The molecular weight excluding hydrogens is 336 g/mol. The molecule has 2 aliphatic heterocycles. The van der Waals surface area contributed by atoms with E-state index in [2.05, 4.69) is 22.0 Å².